The van der Waals surface area contributed by atoms with Crippen LogP contribution in [-0.4, -0.2) is 36.8 Å². The molecule has 0 aliphatic carbocycles. The van der Waals surface area contributed by atoms with Crippen LogP contribution in [0.2, 0.25) is 0 Å². The highest BCUT2D eigenvalue weighted by Gasteiger charge is 2.13. The average Bonchev–Trinajstić information content (AvgIpc) is 2.86. The van der Waals surface area contributed by atoms with E-state index in [1.807, 2.05) is 49.5 Å². The summed E-state index contributed by atoms with van der Waals surface area (Å²) in [5.74, 6) is 2.03. The Morgan fingerprint density at radius 2 is 1.84 bits per heavy atom. The Bertz CT molecular complexity index is 736. The van der Waals surface area contributed by atoms with E-state index in [-0.39, 0.29) is 5.91 Å². The first-order valence-corrected chi connectivity index (χ1v) is 9.90. The van der Waals surface area contributed by atoms with Gasteiger partial charge in [0.25, 0.3) is 0 Å². The fraction of sp³-hybridized carbons (Fsp3) is 0.316. The summed E-state index contributed by atoms with van der Waals surface area (Å²) in [6.07, 6.45) is 0.885. The van der Waals surface area contributed by atoms with E-state index in [0.29, 0.717) is 25.5 Å². The van der Waals surface area contributed by atoms with Gasteiger partial charge in [0.05, 0.1) is 19.0 Å². The second-order valence-electron chi connectivity index (χ2n) is 5.82. The number of rotatable bonds is 5. The molecule has 1 amide bonds. The van der Waals surface area contributed by atoms with Crippen molar-refractivity contribution in [2.45, 2.75) is 17.9 Å². The smallest absolute Gasteiger partial charge is 0.232 e. The third-order valence-electron chi connectivity index (χ3n) is 3.84. The molecule has 4 nitrogen and oxygen atoms in total. The van der Waals surface area contributed by atoms with Gasteiger partial charge < -0.3 is 14.4 Å². The number of nitrogens with zero attached hydrogens (tertiary/aromatic N) is 1. The molecule has 0 bridgehead atoms. The molecule has 25 heavy (non-hydrogen) atoms. The number of benzene rings is 2. The van der Waals surface area contributed by atoms with Crippen LogP contribution < -0.4 is 9.47 Å². The first-order valence-electron chi connectivity index (χ1n) is 8.13. The Hall–Kier alpha value is -1.66. The van der Waals surface area contributed by atoms with Crippen molar-refractivity contribution >= 4 is 33.6 Å². The lowest BCUT2D eigenvalue weighted by molar-refractivity contribution is -0.127. The summed E-state index contributed by atoms with van der Waals surface area (Å²) >= 11 is 4.93. The van der Waals surface area contributed by atoms with Crippen molar-refractivity contribution in [2.75, 3.05) is 26.0 Å². The molecule has 3 rings (SSSR count). The van der Waals surface area contributed by atoms with Crippen molar-refractivity contribution in [2.24, 2.45) is 0 Å². The molecule has 0 saturated carbocycles. The van der Waals surface area contributed by atoms with Gasteiger partial charge in [-0.2, -0.15) is 0 Å². The van der Waals surface area contributed by atoms with Crippen molar-refractivity contribution in [3.05, 3.63) is 52.5 Å². The maximum atomic E-state index is 12.4. The number of thioether (sulfide) groups is 1. The van der Waals surface area contributed by atoms with Crippen LogP contribution in [0.4, 0.5) is 0 Å². The minimum Gasteiger partial charge on any atom is -0.490 e. The van der Waals surface area contributed by atoms with Crippen LogP contribution in [0.1, 0.15) is 12.0 Å². The number of amides is 1. The molecule has 0 aromatic heterocycles. The van der Waals surface area contributed by atoms with Crippen LogP contribution in [0.3, 0.4) is 0 Å². The third kappa shape index (κ3) is 5.16. The largest absolute Gasteiger partial charge is 0.490 e. The van der Waals surface area contributed by atoms with Crippen LogP contribution in [-0.2, 0) is 11.3 Å². The third-order valence-corrected chi connectivity index (χ3v) is 5.35. The summed E-state index contributed by atoms with van der Waals surface area (Å²) in [6.45, 7) is 1.95. The molecule has 0 atom stereocenters. The molecule has 0 fully saturated rings. The molecule has 132 valence electrons. The number of carbonyl (C=O) groups excluding carboxylic acids is 1. The van der Waals surface area contributed by atoms with Gasteiger partial charge in [0.15, 0.2) is 11.5 Å². The number of fused-ring (bicyclic) bond motifs is 1. The lowest BCUT2D eigenvalue weighted by atomic mass is 10.2. The van der Waals surface area contributed by atoms with Crippen LogP contribution in [0.5, 0.6) is 11.5 Å². The average molecular weight is 422 g/mol. The topological polar surface area (TPSA) is 38.8 Å². The Kier molecular flexibility index (Phi) is 6.26. The quantitative estimate of drug-likeness (QED) is 0.672. The van der Waals surface area contributed by atoms with Gasteiger partial charge in [-0.25, -0.2) is 0 Å². The molecule has 0 radical (unpaired) electrons. The number of carbonyl (C=O) groups is 1. The van der Waals surface area contributed by atoms with E-state index in [0.717, 1.165) is 32.9 Å². The van der Waals surface area contributed by atoms with Crippen molar-refractivity contribution in [1.29, 1.82) is 0 Å². The molecule has 1 heterocycles. The van der Waals surface area contributed by atoms with Gasteiger partial charge in [-0.3, -0.25) is 4.79 Å². The van der Waals surface area contributed by atoms with Gasteiger partial charge in [0.2, 0.25) is 5.91 Å². The van der Waals surface area contributed by atoms with Gasteiger partial charge in [0, 0.05) is 29.4 Å². The predicted molar refractivity (Wildman–Crippen MR) is 103 cm³/mol. The summed E-state index contributed by atoms with van der Waals surface area (Å²) in [4.78, 5) is 15.1. The zero-order valence-electron chi connectivity index (χ0n) is 14.0. The molecular weight excluding hydrogens is 402 g/mol. The van der Waals surface area contributed by atoms with E-state index in [2.05, 4.69) is 15.9 Å². The molecule has 1 aliphatic rings. The number of hydrogen-bond acceptors (Lipinski definition) is 4. The fourth-order valence-corrected chi connectivity index (χ4v) is 3.57. The summed E-state index contributed by atoms with van der Waals surface area (Å²) in [5.41, 5.74) is 1.11. The van der Waals surface area contributed by atoms with Gasteiger partial charge in [0.1, 0.15) is 0 Å². The van der Waals surface area contributed by atoms with Crippen molar-refractivity contribution in [3.63, 3.8) is 0 Å². The monoisotopic (exact) mass is 421 g/mol. The molecular formula is C19H20BrNO3S. The lowest BCUT2D eigenvalue weighted by Crippen LogP contribution is -2.27. The second-order valence-corrected chi connectivity index (χ2v) is 7.79. The predicted octanol–water partition coefficient (Wildman–Crippen LogP) is 4.36. The summed E-state index contributed by atoms with van der Waals surface area (Å²) in [6, 6.07) is 13.8. The highest BCUT2D eigenvalue weighted by Crippen LogP contribution is 2.33. The summed E-state index contributed by atoms with van der Waals surface area (Å²) in [5, 5.41) is 0. The first-order chi connectivity index (χ1) is 12.1. The van der Waals surface area contributed by atoms with Crippen LogP contribution in [0.15, 0.2) is 51.8 Å². The normalized spacial score (nSPS) is 13.2. The van der Waals surface area contributed by atoms with Crippen LogP contribution in [0.25, 0.3) is 0 Å². The number of ether oxygens (including phenoxy) is 2. The lowest BCUT2D eigenvalue weighted by Gasteiger charge is -2.17. The van der Waals surface area contributed by atoms with Gasteiger partial charge in [-0.15, -0.1) is 11.8 Å². The van der Waals surface area contributed by atoms with E-state index in [1.54, 1.807) is 4.90 Å². The Morgan fingerprint density at radius 1 is 1.12 bits per heavy atom. The summed E-state index contributed by atoms with van der Waals surface area (Å²) < 4.78 is 12.4. The molecule has 2 aromatic carbocycles. The standard InChI is InChI=1S/C19H20BrNO3S/c1-21(12-14-3-5-15(20)6-4-14)19(22)13-25-16-7-8-17-18(11-16)24-10-2-9-23-17/h3-8,11H,2,9-10,12-13H2,1H3. The van der Waals surface area contributed by atoms with Crippen LogP contribution in [0, 0.1) is 0 Å². The summed E-state index contributed by atoms with van der Waals surface area (Å²) in [7, 11) is 1.83. The molecule has 2 aromatic rings. The minimum atomic E-state index is 0.0973. The molecule has 0 spiro atoms. The van der Waals surface area contributed by atoms with E-state index in [4.69, 9.17) is 9.47 Å². The highest BCUT2D eigenvalue weighted by molar-refractivity contribution is 9.10. The van der Waals surface area contributed by atoms with E-state index >= 15 is 0 Å². The molecule has 0 unspecified atom stereocenters. The van der Waals surface area contributed by atoms with E-state index in [9.17, 15) is 4.79 Å². The zero-order valence-corrected chi connectivity index (χ0v) is 16.4. The fourth-order valence-electron chi connectivity index (χ4n) is 2.44. The maximum absolute atomic E-state index is 12.4. The first kappa shape index (κ1) is 18.1. The van der Waals surface area contributed by atoms with Crippen molar-refractivity contribution < 1.29 is 14.3 Å². The Morgan fingerprint density at radius 3 is 2.60 bits per heavy atom. The minimum absolute atomic E-state index is 0.0973. The maximum Gasteiger partial charge on any atom is 0.232 e. The number of hydrogen-bond donors (Lipinski definition) is 0. The van der Waals surface area contributed by atoms with Gasteiger partial charge in [-0.1, -0.05) is 28.1 Å². The van der Waals surface area contributed by atoms with Gasteiger partial charge >= 0.3 is 0 Å². The van der Waals surface area contributed by atoms with E-state index in [1.165, 1.54) is 11.8 Å². The van der Waals surface area contributed by atoms with Crippen molar-refractivity contribution in [1.82, 2.24) is 4.90 Å². The van der Waals surface area contributed by atoms with Crippen molar-refractivity contribution in [3.8, 4) is 11.5 Å². The molecule has 0 N–H and O–H groups in total. The zero-order chi connectivity index (χ0) is 17.6. The Balaban J connectivity index is 1.54. The highest BCUT2D eigenvalue weighted by atomic mass is 79.9. The SMILES string of the molecule is CN(Cc1ccc(Br)cc1)C(=O)CSc1ccc2c(c1)OCCCO2. The second kappa shape index (κ2) is 8.63. The van der Waals surface area contributed by atoms with Gasteiger partial charge in [-0.05, 0) is 35.9 Å². The Labute approximate surface area is 160 Å². The van der Waals surface area contributed by atoms with Crippen LogP contribution >= 0.6 is 27.7 Å². The van der Waals surface area contributed by atoms with E-state index < -0.39 is 0 Å². The molecule has 6 heteroatoms. The number of halogens is 1. The molecule has 1 aliphatic heterocycles. The molecule has 0 saturated heterocycles.